The minimum absolute atomic E-state index is 0.144. The molecule has 72 valence electrons. The topological polar surface area (TPSA) is 61.4 Å². The van der Waals surface area contributed by atoms with Crippen LogP contribution in [0.25, 0.3) is 0 Å². The van der Waals surface area contributed by atoms with E-state index in [1.807, 2.05) is 13.8 Å². The van der Waals surface area contributed by atoms with Crippen molar-refractivity contribution in [2.75, 3.05) is 13.1 Å². The standard InChI is InChI=1S/C8H18N2O2/c1-4-9-7(6(3)11)8(12)10-5-2/h6-7,9,11H,4-5H2,1-3H3,(H,10,12)/t6-,7+/m1/s1. The maximum Gasteiger partial charge on any atom is 0.239 e. The van der Waals surface area contributed by atoms with Gasteiger partial charge in [-0.25, -0.2) is 0 Å². The fourth-order valence-corrected chi connectivity index (χ4v) is 0.986. The number of amides is 1. The van der Waals surface area contributed by atoms with Crippen molar-refractivity contribution in [2.45, 2.75) is 32.9 Å². The van der Waals surface area contributed by atoms with Crippen LogP contribution in [-0.2, 0) is 4.79 Å². The van der Waals surface area contributed by atoms with E-state index in [2.05, 4.69) is 10.6 Å². The smallest absolute Gasteiger partial charge is 0.239 e. The Morgan fingerprint density at radius 2 is 2.00 bits per heavy atom. The lowest BCUT2D eigenvalue weighted by molar-refractivity contribution is -0.125. The van der Waals surface area contributed by atoms with Crippen LogP contribution in [0.5, 0.6) is 0 Å². The van der Waals surface area contributed by atoms with Crippen molar-refractivity contribution in [2.24, 2.45) is 0 Å². The van der Waals surface area contributed by atoms with E-state index >= 15 is 0 Å². The van der Waals surface area contributed by atoms with E-state index in [-0.39, 0.29) is 5.91 Å². The zero-order chi connectivity index (χ0) is 9.56. The molecule has 0 aliphatic heterocycles. The zero-order valence-corrected chi connectivity index (χ0v) is 7.92. The number of rotatable bonds is 5. The molecule has 0 aliphatic rings. The summed E-state index contributed by atoms with van der Waals surface area (Å²) >= 11 is 0. The van der Waals surface area contributed by atoms with E-state index in [0.717, 1.165) is 0 Å². The van der Waals surface area contributed by atoms with Gasteiger partial charge in [-0.15, -0.1) is 0 Å². The van der Waals surface area contributed by atoms with Crippen LogP contribution in [0.4, 0.5) is 0 Å². The fourth-order valence-electron chi connectivity index (χ4n) is 0.986. The van der Waals surface area contributed by atoms with Gasteiger partial charge >= 0.3 is 0 Å². The minimum Gasteiger partial charge on any atom is -0.391 e. The average molecular weight is 174 g/mol. The van der Waals surface area contributed by atoms with E-state index in [1.165, 1.54) is 0 Å². The van der Waals surface area contributed by atoms with Crippen LogP contribution in [0.3, 0.4) is 0 Å². The maximum absolute atomic E-state index is 11.2. The first-order valence-electron chi connectivity index (χ1n) is 4.32. The van der Waals surface area contributed by atoms with Crippen molar-refractivity contribution in [3.63, 3.8) is 0 Å². The van der Waals surface area contributed by atoms with E-state index in [0.29, 0.717) is 13.1 Å². The van der Waals surface area contributed by atoms with Gasteiger partial charge in [-0.1, -0.05) is 6.92 Å². The first kappa shape index (κ1) is 11.4. The highest BCUT2D eigenvalue weighted by molar-refractivity contribution is 5.82. The van der Waals surface area contributed by atoms with Gasteiger partial charge in [0.15, 0.2) is 0 Å². The largest absolute Gasteiger partial charge is 0.391 e. The molecule has 0 heterocycles. The number of hydrogen-bond donors (Lipinski definition) is 3. The van der Waals surface area contributed by atoms with Crippen LogP contribution in [0.2, 0.25) is 0 Å². The van der Waals surface area contributed by atoms with Crippen LogP contribution in [0.1, 0.15) is 20.8 Å². The monoisotopic (exact) mass is 174 g/mol. The lowest BCUT2D eigenvalue weighted by Gasteiger charge is -2.19. The van der Waals surface area contributed by atoms with Crippen LogP contribution in [0, 0.1) is 0 Å². The number of likely N-dealkylation sites (N-methyl/N-ethyl adjacent to an activating group) is 2. The molecule has 0 radical (unpaired) electrons. The van der Waals surface area contributed by atoms with Gasteiger partial charge < -0.3 is 15.7 Å². The molecule has 2 atom stereocenters. The summed E-state index contributed by atoms with van der Waals surface area (Å²) < 4.78 is 0. The number of aliphatic hydroxyl groups excluding tert-OH is 1. The number of hydrogen-bond acceptors (Lipinski definition) is 3. The molecule has 12 heavy (non-hydrogen) atoms. The molecule has 0 saturated heterocycles. The van der Waals surface area contributed by atoms with E-state index in [9.17, 15) is 9.90 Å². The zero-order valence-electron chi connectivity index (χ0n) is 7.92. The molecule has 0 aliphatic carbocycles. The van der Waals surface area contributed by atoms with Crippen LogP contribution < -0.4 is 10.6 Å². The summed E-state index contributed by atoms with van der Waals surface area (Å²) in [6, 6.07) is -0.491. The average Bonchev–Trinajstić information content (AvgIpc) is 1.99. The SMILES string of the molecule is CCNC(=O)[C@@H](NCC)[C@@H](C)O. The van der Waals surface area contributed by atoms with E-state index in [4.69, 9.17) is 0 Å². The Morgan fingerprint density at radius 1 is 1.42 bits per heavy atom. The molecule has 0 saturated carbocycles. The van der Waals surface area contributed by atoms with E-state index < -0.39 is 12.1 Å². The van der Waals surface area contributed by atoms with Gasteiger partial charge in [-0.05, 0) is 20.4 Å². The van der Waals surface area contributed by atoms with Crippen molar-refractivity contribution in [3.05, 3.63) is 0 Å². The molecule has 0 aromatic carbocycles. The lowest BCUT2D eigenvalue weighted by Crippen LogP contribution is -2.50. The van der Waals surface area contributed by atoms with Gasteiger partial charge in [-0.3, -0.25) is 4.79 Å². The Kier molecular flexibility index (Phi) is 5.66. The van der Waals surface area contributed by atoms with Crippen LogP contribution in [0.15, 0.2) is 0 Å². The van der Waals surface area contributed by atoms with Gasteiger partial charge in [-0.2, -0.15) is 0 Å². The highest BCUT2D eigenvalue weighted by atomic mass is 16.3. The third kappa shape index (κ3) is 3.69. The Labute approximate surface area is 73.3 Å². The Hall–Kier alpha value is -0.610. The summed E-state index contributed by atoms with van der Waals surface area (Å²) in [6.07, 6.45) is -0.656. The first-order valence-corrected chi connectivity index (χ1v) is 4.32. The van der Waals surface area contributed by atoms with E-state index in [1.54, 1.807) is 6.92 Å². The maximum atomic E-state index is 11.2. The number of aliphatic hydroxyl groups is 1. The number of carbonyl (C=O) groups is 1. The molecule has 0 aromatic heterocycles. The predicted molar refractivity (Wildman–Crippen MR) is 47.8 cm³/mol. The normalized spacial score (nSPS) is 15.3. The minimum atomic E-state index is -0.656. The van der Waals surface area contributed by atoms with Gasteiger partial charge in [0.25, 0.3) is 0 Å². The first-order chi connectivity index (χ1) is 5.63. The second-order valence-electron chi connectivity index (χ2n) is 2.67. The molecule has 4 heteroatoms. The molecule has 0 bridgehead atoms. The highest BCUT2D eigenvalue weighted by Gasteiger charge is 2.21. The summed E-state index contributed by atoms with van der Waals surface area (Å²) in [4.78, 5) is 11.2. The second-order valence-corrected chi connectivity index (χ2v) is 2.67. The van der Waals surface area contributed by atoms with Gasteiger partial charge in [0.05, 0.1) is 6.10 Å². The quantitative estimate of drug-likeness (QED) is 0.525. The molecule has 0 aromatic rings. The third-order valence-corrected chi connectivity index (χ3v) is 1.54. The molecular weight excluding hydrogens is 156 g/mol. The van der Waals surface area contributed by atoms with Crippen molar-refractivity contribution >= 4 is 5.91 Å². The summed E-state index contributed by atoms with van der Waals surface area (Å²) in [6.45, 7) is 6.61. The molecule has 1 amide bonds. The second kappa shape index (κ2) is 5.97. The van der Waals surface area contributed by atoms with Crippen molar-refractivity contribution < 1.29 is 9.90 Å². The molecule has 3 N–H and O–H groups in total. The molecule has 0 spiro atoms. The Morgan fingerprint density at radius 3 is 2.33 bits per heavy atom. The van der Waals surface area contributed by atoms with Gasteiger partial charge in [0, 0.05) is 6.54 Å². The van der Waals surface area contributed by atoms with Gasteiger partial charge in [0.2, 0.25) is 5.91 Å². The Bertz CT molecular complexity index is 137. The lowest BCUT2D eigenvalue weighted by atomic mass is 10.1. The van der Waals surface area contributed by atoms with Crippen LogP contribution in [-0.4, -0.2) is 36.2 Å². The number of nitrogens with one attached hydrogen (secondary N) is 2. The number of carbonyl (C=O) groups excluding carboxylic acids is 1. The predicted octanol–water partition coefficient (Wildman–Crippen LogP) is -0.519. The molecular formula is C8H18N2O2. The summed E-state index contributed by atoms with van der Waals surface area (Å²) in [5, 5.41) is 14.8. The van der Waals surface area contributed by atoms with Gasteiger partial charge in [0.1, 0.15) is 6.04 Å². The van der Waals surface area contributed by atoms with Crippen molar-refractivity contribution in [1.29, 1.82) is 0 Å². The summed E-state index contributed by atoms with van der Waals surface area (Å²) in [7, 11) is 0. The highest BCUT2D eigenvalue weighted by Crippen LogP contribution is 1.92. The fraction of sp³-hybridized carbons (Fsp3) is 0.875. The molecule has 0 fully saturated rings. The summed E-state index contributed by atoms with van der Waals surface area (Å²) in [5.74, 6) is -0.144. The third-order valence-electron chi connectivity index (χ3n) is 1.54. The van der Waals surface area contributed by atoms with Crippen molar-refractivity contribution in [3.8, 4) is 0 Å². The molecule has 4 nitrogen and oxygen atoms in total. The van der Waals surface area contributed by atoms with Crippen LogP contribution >= 0.6 is 0 Å². The van der Waals surface area contributed by atoms with Crippen molar-refractivity contribution in [1.82, 2.24) is 10.6 Å². The molecule has 0 rings (SSSR count). The Balaban J connectivity index is 4.00. The molecule has 0 unspecified atom stereocenters. The summed E-state index contributed by atoms with van der Waals surface area (Å²) in [5.41, 5.74) is 0.